The van der Waals surface area contributed by atoms with Crippen LogP contribution in [0, 0.1) is 5.82 Å². The highest BCUT2D eigenvalue weighted by Gasteiger charge is 2.17. The van der Waals surface area contributed by atoms with E-state index in [4.69, 9.17) is 9.47 Å². The molecule has 32 heavy (non-hydrogen) atoms. The summed E-state index contributed by atoms with van der Waals surface area (Å²) in [5, 5.41) is 6.91. The van der Waals surface area contributed by atoms with Crippen LogP contribution < -0.4 is 20.7 Å². The van der Waals surface area contributed by atoms with E-state index in [1.54, 1.807) is 18.2 Å². The summed E-state index contributed by atoms with van der Waals surface area (Å²) in [5.41, 5.74) is -0.0232. The van der Waals surface area contributed by atoms with Crippen molar-refractivity contribution in [2.45, 2.75) is 19.8 Å². The van der Waals surface area contributed by atoms with Gasteiger partial charge in [-0.3, -0.25) is 14.9 Å². The molecule has 0 bridgehead atoms. The van der Waals surface area contributed by atoms with Gasteiger partial charge in [-0.05, 0) is 30.7 Å². The second-order valence-corrected chi connectivity index (χ2v) is 6.55. The van der Waals surface area contributed by atoms with E-state index in [0.29, 0.717) is 6.54 Å². The average molecular weight is 445 g/mol. The molecule has 0 atom stereocenters. The van der Waals surface area contributed by atoms with E-state index in [1.165, 1.54) is 30.3 Å². The number of imide groups is 1. The molecule has 2 rings (SSSR count). The molecule has 9 nitrogen and oxygen atoms in total. The largest absolute Gasteiger partial charge is 0.483 e. The first kappa shape index (κ1) is 24.3. The minimum Gasteiger partial charge on any atom is -0.483 e. The SMILES string of the molecule is CCCCNC(=O)NC(=O)COC(=O)c1ccccc1OCC(=O)Nc1ccccc1F. The van der Waals surface area contributed by atoms with Gasteiger partial charge in [-0.2, -0.15) is 0 Å². The molecule has 0 saturated carbocycles. The number of esters is 1. The van der Waals surface area contributed by atoms with Gasteiger partial charge in [0.2, 0.25) is 0 Å². The smallest absolute Gasteiger partial charge is 0.342 e. The highest BCUT2D eigenvalue weighted by atomic mass is 19.1. The van der Waals surface area contributed by atoms with Crippen LogP contribution in [0.2, 0.25) is 0 Å². The Labute approximate surface area is 184 Å². The normalized spacial score (nSPS) is 10.1. The number of hydrogen-bond donors (Lipinski definition) is 3. The standard InChI is InChI=1S/C22H24FN3O6/c1-2-3-12-24-22(30)26-20(28)14-32-21(29)15-8-4-7-11-18(15)31-13-19(27)25-17-10-6-5-9-16(17)23/h4-11H,2-3,12-14H2,1H3,(H,25,27)(H2,24,26,28,30). The van der Waals surface area contributed by atoms with Crippen molar-refractivity contribution < 1.29 is 33.0 Å². The molecule has 4 amide bonds. The van der Waals surface area contributed by atoms with E-state index in [-0.39, 0.29) is 17.0 Å². The van der Waals surface area contributed by atoms with Crippen LogP contribution in [0.3, 0.4) is 0 Å². The minimum atomic E-state index is -0.878. The fourth-order valence-electron chi connectivity index (χ4n) is 2.45. The minimum absolute atomic E-state index is 0.00135. The van der Waals surface area contributed by atoms with Crippen LogP contribution >= 0.6 is 0 Å². The van der Waals surface area contributed by atoms with Gasteiger partial charge >= 0.3 is 12.0 Å². The number of rotatable bonds is 10. The number of hydrogen-bond acceptors (Lipinski definition) is 6. The first-order chi connectivity index (χ1) is 15.4. The van der Waals surface area contributed by atoms with Crippen LogP contribution in [0.4, 0.5) is 14.9 Å². The molecule has 0 aromatic heterocycles. The van der Waals surface area contributed by atoms with E-state index in [0.717, 1.165) is 12.8 Å². The van der Waals surface area contributed by atoms with Crippen LogP contribution in [0.25, 0.3) is 0 Å². The maximum Gasteiger partial charge on any atom is 0.342 e. The van der Waals surface area contributed by atoms with Crippen molar-refractivity contribution >= 4 is 29.5 Å². The molecule has 170 valence electrons. The van der Waals surface area contributed by atoms with Crippen molar-refractivity contribution in [1.82, 2.24) is 10.6 Å². The van der Waals surface area contributed by atoms with E-state index in [1.807, 2.05) is 12.2 Å². The quantitative estimate of drug-likeness (QED) is 0.382. The molecule has 3 N–H and O–H groups in total. The average Bonchev–Trinajstić information content (AvgIpc) is 2.78. The molecule has 0 aliphatic rings. The molecular weight excluding hydrogens is 421 g/mol. The Morgan fingerprint density at radius 3 is 2.41 bits per heavy atom. The molecule has 0 spiro atoms. The Kier molecular flexibility index (Phi) is 9.64. The van der Waals surface area contributed by atoms with Crippen LogP contribution in [-0.4, -0.2) is 43.6 Å². The van der Waals surface area contributed by atoms with Crippen LogP contribution in [0.1, 0.15) is 30.1 Å². The Balaban J connectivity index is 1.85. The van der Waals surface area contributed by atoms with Crippen LogP contribution in [-0.2, 0) is 14.3 Å². The summed E-state index contributed by atoms with van der Waals surface area (Å²) < 4.78 is 23.9. The van der Waals surface area contributed by atoms with Gasteiger partial charge in [-0.25, -0.2) is 14.0 Å². The van der Waals surface area contributed by atoms with Crippen LogP contribution in [0.5, 0.6) is 5.75 Å². The third kappa shape index (κ3) is 8.05. The fourth-order valence-corrected chi connectivity index (χ4v) is 2.45. The first-order valence-electron chi connectivity index (χ1n) is 9.91. The zero-order valence-electron chi connectivity index (χ0n) is 17.5. The lowest BCUT2D eigenvalue weighted by Gasteiger charge is -2.12. The van der Waals surface area contributed by atoms with Gasteiger partial charge in [0, 0.05) is 6.54 Å². The van der Waals surface area contributed by atoms with Crippen molar-refractivity contribution in [3.8, 4) is 5.75 Å². The highest BCUT2D eigenvalue weighted by Crippen LogP contribution is 2.19. The summed E-state index contributed by atoms with van der Waals surface area (Å²) in [4.78, 5) is 47.6. The molecule has 0 radical (unpaired) electrons. The lowest BCUT2D eigenvalue weighted by molar-refractivity contribution is -0.123. The van der Waals surface area contributed by atoms with E-state index in [9.17, 15) is 23.6 Å². The van der Waals surface area contributed by atoms with E-state index in [2.05, 4.69) is 10.6 Å². The number of anilines is 1. The number of amides is 4. The predicted octanol–water partition coefficient (Wildman–Crippen LogP) is 2.63. The molecule has 2 aromatic carbocycles. The summed E-state index contributed by atoms with van der Waals surface area (Å²) in [6, 6.07) is 10.9. The van der Waals surface area contributed by atoms with Gasteiger partial charge in [0.1, 0.15) is 17.1 Å². The van der Waals surface area contributed by atoms with Gasteiger partial charge in [0.05, 0.1) is 5.69 Å². The third-order valence-electron chi connectivity index (χ3n) is 4.02. The van der Waals surface area contributed by atoms with Crippen molar-refractivity contribution in [3.63, 3.8) is 0 Å². The summed E-state index contributed by atoms with van der Waals surface area (Å²) in [5.74, 6) is -2.86. The molecule has 2 aromatic rings. The maximum absolute atomic E-state index is 13.6. The maximum atomic E-state index is 13.6. The van der Waals surface area contributed by atoms with Gasteiger partial charge in [-0.1, -0.05) is 37.6 Å². The summed E-state index contributed by atoms with van der Waals surface area (Å²) in [7, 11) is 0. The monoisotopic (exact) mass is 445 g/mol. The molecular formula is C22H24FN3O6. The number of halogens is 1. The second kappa shape index (κ2) is 12.7. The topological polar surface area (TPSA) is 123 Å². The Morgan fingerprint density at radius 1 is 0.938 bits per heavy atom. The van der Waals surface area contributed by atoms with E-state index >= 15 is 0 Å². The predicted molar refractivity (Wildman–Crippen MR) is 114 cm³/mol. The number of carbonyl (C=O) groups is 4. The lowest BCUT2D eigenvalue weighted by atomic mass is 10.2. The molecule has 0 saturated heterocycles. The number of nitrogens with one attached hydrogen (secondary N) is 3. The van der Waals surface area contributed by atoms with Crippen molar-refractivity contribution in [1.29, 1.82) is 0 Å². The van der Waals surface area contributed by atoms with Gasteiger partial charge in [0.25, 0.3) is 11.8 Å². The summed E-state index contributed by atoms with van der Waals surface area (Å²) >= 11 is 0. The number of carbonyl (C=O) groups excluding carboxylic acids is 4. The molecule has 0 fully saturated rings. The van der Waals surface area contributed by atoms with Gasteiger partial charge in [-0.15, -0.1) is 0 Å². The summed E-state index contributed by atoms with van der Waals surface area (Å²) in [6.45, 7) is 1.21. The number of unbranched alkanes of at least 4 members (excludes halogenated alkanes) is 1. The number of urea groups is 1. The number of para-hydroxylation sites is 2. The molecule has 0 aliphatic carbocycles. The highest BCUT2D eigenvalue weighted by molar-refractivity contribution is 5.98. The Hall–Kier alpha value is -3.95. The van der Waals surface area contributed by atoms with Gasteiger partial charge < -0.3 is 20.1 Å². The number of benzene rings is 2. The molecule has 0 unspecified atom stereocenters. The molecule has 10 heteroatoms. The molecule has 0 aliphatic heterocycles. The Bertz CT molecular complexity index is 966. The van der Waals surface area contributed by atoms with Crippen molar-refractivity contribution in [3.05, 3.63) is 59.9 Å². The number of ether oxygens (including phenoxy) is 2. The Morgan fingerprint density at radius 2 is 1.66 bits per heavy atom. The molecule has 0 heterocycles. The zero-order valence-corrected chi connectivity index (χ0v) is 17.5. The van der Waals surface area contributed by atoms with Crippen molar-refractivity contribution in [2.75, 3.05) is 25.1 Å². The third-order valence-corrected chi connectivity index (χ3v) is 4.02. The van der Waals surface area contributed by atoms with Crippen LogP contribution in [0.15, 0.2) is 48.5 Å². The summed E-state index contributed by atoms with van der Waals surface area (Å²) in [6.07, 6.45) is 1.66. The van der Waals surface area contributed by atoms with E-state index < -0.39 is 42.8 Å². The zero-order chi connectivity index (χ0) is 23.3. The second-order valence-electron chi connectivity index (χ2n) is 6.55. The first-order valence-corrected chi connectivity index (χ1v) is 9.91. The lowest BCUT2D eigenvalue weighted by Crippen LogP contribution is -2.41. The van der Waals surface area contributed by atoms with Gasteiger partial charge in [0.15, 0.2) is 13.2 Å². The fraction of sp³-hybridized carbons (Fsp3) is 0.273. The van der Waals surface area contributed by atoms with Crippen molar-refractivity contribution in [2.24, 2.45) is 0 Å².